The highest BCUT2D eigenvalue weighted by Crippen LogP contribution is 2.23. The van der Waals surface area contributed by atoms with Gasteiger partial charge in [-0.3, -0.25) is 0 Å². The molecule has 0 fully saturated rings. The van der Waals surface area contributed by atoms with E-state index < -0.39 is 5.60 Å². The molecule has 0 aromatic heterocycles. The topological polar surface area (TPSA) is 20.2 Å². The van der Waals surface area contributed by atoms with Crippen molar-refractivity contribution in [2.75, 3.05) is 0 Å². The maximum atomic E-state index is 9.71. The van der Waals surface area contributed by atoms with Crippen molar-refractivity contribution in [3.8, 4) is 0 Å². The molecule has 54 valence electrons. The molecule has 0 spiro atoms. The molecule has 0 radical (unpaired) electrons. The average Bonchev–Trinajstić information content (AvgIpc) is 1.89. The molecule has 0 aromatic rings. The van der Waals surface area contributed by atoms with Crippen LogP contribution in [0.25, 0.3) is 0 Å². The Hall–Kier alpha value is -0.820. The molecule has 0 bridgehead atoms. The third-order valence-corrected chi connectivity index (χ3v) is 1.79. The van der Waals surface area contributed by atoms with Crippen molar-refractivity contribution < 1.29 is 5.11 Å². The standard InChI is InChI=1S/C9H12O/c1-8(2)9(10)6-4-3-5-7-9/h3-6,10H,1,7H2,2H3. The normalized spacial score (nSPS) is 30.6. The van der Waals surface area contributed by atoms with Crippen molar-refractivity contribution >= 4 is 0 Å². The van der Waals surface area contributed by atoms with E-state index in [1.165, 1.54) is 0 Å². The van der Waals surface area contributed by atoms with E-state index in [1.54, 1.807) is 6.08 Å². The summed E-state index contributed by atoms with van der Waals surface area (Å²) in [4.78, 5) is 0. The quantitative estimate of drug-likeness (QED) is 0.545. The molecule has 0 amide bonds. The van der Waals surface area contributed by atoms with Crippen molar-refractivity contribution in [1.29, 1.82) is 0 Å². The van der Waals surface area contributed by atoms with Crippen molar-refractivity contribution in [3.63, 3.8) is 0 Å². The summed E-state index contributed by atoms with van der Waals surface area (Å²) in [6, 6.07) is 0. The first-order valence-electron chi connectivity index (χ1n) is 3.38. The van der Waals surface area contributed by atoms with Crippen molar-refractivity contribution in [1.82, 2.24) is 0 Å². The highest BCUT2D eigenvalue weighted by Gasteiger charge is 2.23. The van der Waals surface area contributed by atoms with Crippen LogP contribution in [0.15, 0.2) is 36.5 Å². The molecule has 1 aliphatic carbocycles. The van der Waals surface area contributed by atoms with Crippen LogP contribution in [0.5, 0.6) is 0 Å². The number of allylic oxidation sites excluding steroid dienone is 2. The monoisotopic (exact) mass is 136 g/mol. The van der Waals surface area contributed by atoms with E-state index in [-0.39, 0.29) is 0 Å². The van der Waals surface area contributed by atoms with Gasteiger partial charge in [0.15, 0.2) is 0 Å². The minimum absolute atomic E-state index is 0.652. The highest BCUT2D eigenvalue weighted by atomic mass is 16.3. The largest absolute Gasteiger partial charge is 0.381 e. The van der Waals surface area contributed by atoms with E-state index in [0.29, 0.717) is 6.42 Å². The van der Waals surface area contributed by atoms with E-state index in [2.05, 4.69) is 6.58 Å². The van der Waals surface area contributed by atoms with E-state index >= 15 is 0 Å². The van der Waals surface area contributed by atoms with Gasteiger partial charge in [0.05, 0.1) is 0 Å². The fourth-order valence-corrected chi connectivity index (χ4v) is 0.926. The van der Waals surface area contributed by atoms with Gasteiger partial charge in [0.1, 0.15) is 5.60 Å². The molecular formula is C9H12O. The predicted molar refractivity (Wildman–Crippen MR) is 42.7 cm³/mol. The van der Waals surface area contributed by atoms with Gasteiger partial charge < -0.3 is 5.11 Å². The second-order valence-electron chi connectivity index (χ2n) is 2.70. The highest BCUT2D eigenvalue weighted by molar-refractivity contribution is 5.28. The van der Waals surface area contributed by atoms with Crippen LogP contribution in [0.1, 0.15) is 13.3 Å². The van der Waals surface area contributed by atoms with Gasteiger partial charge in [0.25, 0.3) is 0 Å². The van der Waals surface area contributed by atoms with Gasteiger partial charge in [-0.15, -0.1) is 0 Å². The molecule has 0 saturated carbocycles. The zero-order valence-electron chi connectivity index (χ0n) is 6.17. The summed E-state index contributed by atoms with van der Waals surface area (Å²) in [6.07, 6.45) is 8.14. The molecule has 10 heavy (non-hydrogen) atoms. The summed E-state index contributed by atoms with van der Waals surface area (Å²) in [5.41, 5.74) is 0.0162. The van der Waals surface area contributed by atoms with Gasteiger partial charge in [-0.1, -0.05) is 24.8 Å². The SMILES string of the molecule is C=C(C)C1(O)C=CC=CC1. The Balaban J connectivity index is 2.80. The molecule has 1 aliphatic rings. The second-order valence-corrected chi connectivity index (χ2v) is 2.70. The summed E-state index contributed by atoms with van der Waals surface area (Å²) < 4.78 is 0. The lowest BCUT2D eigenvalue weighted by atomic mass is 9.89. The van der Waals surface area contributed by atoms with E-state index in [9.17, 15) is 5.11 Å². The number of hydrogen-bond acceptors (Lipinski definition) is 1. The van der Waals surface area contributed by atoms with Crippen LogP contribution in [0, 0.1) is 0 Å². The minimum Gasteiger partial charge on any atom is -0.381 e. The molecule has 1 nitrogen and oxygen atoms in total. The first-order valence-corrected chi connectivity index (χ1v) is 3.38. The predicted octanol–water partition coefficient (Wildman–Crippen LogP) is 1.81. The van der Waals surface area contributed by atoms with Crippen molar-refractivity contribution in [3.05, 3.63) is 36.5 Å². The Labute approximate surface area is 61.4 Å². The Morgan fingerprint density at radius 3 is 2.60 bits per heavy atom. The summed E-state index contributed by atoms with van der Waals surface area (Å²) in [5, 5.41) is 9.71. The Kier molecular flexibility index (Phi) is 1.77. The molecular weight excluding hydrogens is 124 g/mol. The zero-order valence-corrected chi connectivity index (χ0v) is 6.17. The number of rotatable bonds is 1. The first-order chi connectivity index (χ1) is 4.65. The Morgan fingerprint density at radius 2 is 2.30 bits per heavy atom. The van der Waals surface area contributed by atoms with Crippen LogP contribution in [0.3, 0.4) is 0 Å². The zero-order chi connectivity index (χ0) is 7.61. The van der Waals surface area contributed by atoms with E-state index in [4.69, 9.17) is 0 Å². The van der Waals surface area contributed by atoms with Crippen LogP contribution in [0.2, 0.25) is 0 Å². The molecule has 0 saturated heterocycles. The van der Waals surface area contributed by atoms with Crippen LogP contribution < -0.4 is 0 Å². The average molecular weight is 136 g/mol. The van der Waals surface area contributed by atoms with Crippen molar-refractivity contribution in [2.24, 2.45) is 0 Å². The number of aliphatic hydroxyl groups is 1. The third-order valence-electron chi connectivity index (χ3n) is 1.79. The summed E-state index contributed by atoms with van der Waals surface area (Å²) in [7, 11) is 0. The maximum absolute atomic E-state index is 9.71. The Morgan fingerprint density at radius 1 is 1.60 bits per heavy atom. The summed E-state index contributed by atoms with van der Waals surface area (Å²) >= 11 is 0. The number of hydrogen-bond donors (Lipinski definition) is 1. The third kappa shape index (κ3) is 1.19. The van der Waals surface area contributed by atoms with Gasteiger partial charge in [0, 0.05) is 6.42 Å². The van der Waals surface area contributed by atoms with Crippen LogP contribution in [-0.4, -0.2) is 10.7 Å². The molecule has 0 heterocycles. The minimum atomic E-state index is -0.783. The first kappa shape index (κ1) is 7.29. The maximum Gasteiger partial charge on any atom is 0.107 e. The fourth-order valence-electron chi connectivity index (χ4n) is 0.926. The van der Waals surface area contributed by atoms with Crippen LogP contribution in [0.4, 0.5) is 0 Å². The molecule has 1 atom stereocenters. The van der Waals surface area contributed by atoms with E-state index in [1.807, 2.05) is 25.2 Å². The molecule has 1 heteroatoms. The molecule has 0 aromatic carbocycles. The van der Waals surface area contributed by atoms with Crippen LogP contribution >= 0.6 is 0 Å². The van der Waals surface area contributed by atoms with E-state index in [0.717, 1.165) is 5.57 Å². The molecule has 1 unspecified atom stereocenters. The lowest BCUT2D eigenvalue weighted by Gasteiger charge is -2.24. The van der Waals surface area contributed by atoms with Gasteiger partial charge in [-0.2, -0.15) is 0 Å². The molecule has 1 N–H and O–H groups in total. The van der Waals surface area contributed by atoms with Gasteiger partial charge in [-0.05, 0) is 18.6 Å². The lowest BCUT2D eigenvalue weighted by molar-refractivity contribution is 0.132. The van der Waals surface area contributed by atoms with Crippen molar-refractivity contribution in [2.45, 2.75) is 18.9 Å². The second kappa shape index (κ2) is 2.43. The molecule has 1 rings (SSSR count). The van der Waals surface area contributed by atoms with Gasteiger partial charge in [-0.25, -0.2) is 0 Å². The summed E-state index contributed by atoms with van der Waals surface area (Å²) in [6.45, 7) is 5.55. The van der Waals surface area contributed by atoms with Crippen LogP contribution in [-0.2, 0) is 0 Å². The smallest absolute Gasteiger partial charge is 0.107 e. The Bertz CT molecular complexity index is 201. The fraction of sp³-hybridized carbons (Fsp3) is 0.333. The van der Waals surface area contributed by atoms with Gasteiger partial charge >= 0.3 is 0 Å². The molecule has 0 aliphatic heterocycles. The van der Waals surface area contributed by atoms with Gasteiger partial charge in [0.2, 0.25) is 0 Å². The lowest BCUT2D eigenvalue weighted by Crippen LogP contribution is -2.26. The summed E-state index contributed by atoms with van der Waals surface area (Å²) in [5.74, 6) is 0.